The normalized spacial score (nSPS) is 23.7. The number of carbonyl (C=O) groups excluding carboxylic acids is 1. The van der Waals surface area contributed by atoms with Gasteiger partial charge in [-0.15, -0.1) is 0 Å². The van der Waals surface area contributed by atoms with E-state index in [4.69, 9.17) is 9.72 Å². The van der Waals surface area contributed by atoms with Gasteiger partial charge < -0.3 is 24.8 Å². The first-order valence-corrected chi connectivity index (χ1v) is 10.8. The highest BCUT2D eigenvalue weighted by Gasteiger charge is 2.32. The van der Waals surface area contributed by atoms with Crippen molar-refractivity contribution in [1.29, 1.82) is 0 Å². The van der Waals surface area contributed by atoms with E-state index in [0.29, 0.717) is 48.6 Å². The number of methoxy groups -OCH3 is 1. The summed E-state index contributed by atoms with van der Waals surface area (Å²) < 4.78 is 22.3. The van der Waals surface area contributed by atoms with Crippen molar-refractivity contribution in [2.24, 2.45) is 0 Å². The number of nitrogens with zero attached hydrogens (tertiary/aromatic N) is 4. The van der Waals surface area contributed by atoms with Gasteiger partial charge >= 0.3 is 0 Å². The molecule has 3 unspecified atom stereocenters. The summed E-state index contributed by atoms with van der Waals surface area (Å²) in [5.74, 6) is 1.14. The first-order valence-electron chi connectivity index (χ1n) is 10.8. The molecule has 2 aliphatic heterocycles. The summed E-state index contributed by atoms with van der Waals surface area (Å²) in [5, 5.41) is 6.74. The second-order valence-electron chi connectivity index (χ2n) is 8.61. The van der Waals surface area contributed by atoms with Crippen molar-refractivity contribution < 1.29 is 13.9 Å². The quantitative estimate of drug-likeness (QED) is 0.606. The van der Waals surface area contributed by atoms with Gasteiger partial charge in [0.2, 0.25) is 5.91 Å². The van der Waals surface area contributed by atoms with Gasteiger partial charge in [-0.25, -0.2) is 14.4 Å². The second-order valence-corrected chi connectivity index (χ2v) is 8.61. The maximum atomic E-state index is 14.5. The number of nitrogens with one attached hydrogen (secondary N) is 2. The monoisotopic (exact) mass is 438 g/mol. The van der Waals surface area contributed by atoms with Crippen LogP contribution >= 0.6 is 0 Å². The first kappa shape index (κ1) is 20.8. The number of hydrogen-bond donors (Lipinski definition) is 2. The number of imidazole rings is 1. The Morgan fingerprint density at radius 2 is 2.06 bits per heavy atom. The Morgan fingerprint density at radius 1 is 1.22 bits per heavy atom. The van der Waals surface area contributed by atoms with Gasteiger partial charge in [-0.2, -0.15) is 0 Å². The number of aromatic nitrogens is 3. The van der Waals surface area contributed by atoms with Gasteiger partial charge in [-0.3, -0.25) is 4.79 Å². The number of pyridine rings is 1. The zero-order valence-electron chi connectivity index (χ0n) is 18.4. The molecule has 3 aromatic rings. The summed E-state index contributed by atoms with van der Waals surface area (Å²) >= 11 is 0. The number of amides is 1. The second kappa shape index (κ2) is 8.14. The standard InChI is InChI=1S/C23H27FN6O2/c1-13-26-19-8-14(24)7-17-18-5-4-6-21(28-18)27-15-9-20(25-10-15)23(31)29(2)11-16(32-3)12-30(13)22(17)19/h4-8,15-16,20,25H,9-12H2,1-3H3,(H,27,28). The lowest BCUT2D eigenvalue weighted by molar-refractivity contribution is -0.133. The number of carbonyl (C=O) groups is 1. The van der Waals surface area contributed by atoms with Crippen LogP contribution in [0, 0.1) is 12.7 Å². The molecule has 9 heteroatoms. The van der Waals surface area contributed by atoms with Gasteiger partial charge in [0.05, 0.1) is 35.4 Å². The third-order valence-corrected chi connectivity index (χ3v) is 6.38. The highest BCUT2D eigenvalue weighted by Crippen LogP contribution is 2.31. The van der Waals surface area contributed by atoms with Gasteiger partial charge in [0.15, 0.2) is 0 Å². The van der Waals surface area contributed by atoms with Crippen molar-refractivity contribution in [3.05, 3.63) is 42.0 Å². The van der Waals surface area contributed by atoms with Gasteiger partial charge in [0.25, 0.3) is 0 Å². The lowest BCUT2D eigenvalue weighted by Gasteiger charge is -2.26. The van der Waals surface area contributed by atoms with Crippen LogP contribution in [0.5, 0.6) is 0 Å². The van der Waals surface area contributed by atoms with Gasteiger partial charge in [0.1, 0.15) is 17.5 Å². The number of aryl methyl sites for hydroxylation is 1. The number of anilines is 1. The van der Waals surface area contributed by atoms with E-state index >= 15 is 0 Å². The van der Waals surface area contributed by atoms with E-state index in [1.54, 1.807) is 19.1 Å². The molecule has 1 aromatic carbocycles. The molecule has 4 heterocycles. The Balaban J connectivity index is 1.68. The van der Waals surface area contributed by atoms with Gasteiger partial charge in [-0.1, -0.05) is 6.07 Å². The average Bonchev–Trinajstić information content (AvgIpc) is 3.35. The number of halogens is 1. The molecule has 0 radical (unpaired) electrons. The van der Waals surface area contributed by atoms with E-state index in [0.717, 1.165) is 11.3 Å². The van der Waals surface area contributed by atoms with Crippen molar-refractivity contribution in [2.45, 2.75) is 38.1 Å². The van der Waals surface area contributed by atoms with E-state index in [1.807, 2.05) is 29.7 Å². The third-order valence-electron chi connectivity index (χ3n) is 6.38. The molecule has 1 saturated heterocycles. The predicted molar refractivity (Wildman–Crippen MR) is 120 cm³/mol. The smallest absolute Gasteiger partial charge is 0.239 e. The zero-order chi connectivity index (χ0) is 22.4. The molecule has 168 valence electrons. The number of rotatable bonds is 1. The molecular weight excluding hydrogens is 411 g/mol. The van der Waals surface area contributed by atoms with E-state index in [9.17, 15) is 9.18 Å². The average molecular weight is 439 g/mol. The molecule has 4 bridgehead atoms. The fraction of sp³-hybridized carbons (Fsp3) is 0.435. The molecule has 2 aromatic heterocycles. The van der Waals surface area contributed by atoms with E-state index in [2.05, 4.69) is 15.6 Å². The number of hydrogen-bond acceptors (Lipinski definition) is 6. The highest BCUT2D eigenvalue weighted by atomic mass is 19.1. The Kier molecular flexibility index (Phi) is 5.30. The molecule has 5 rings (SSSR count). The highest BCUT2D eigenvalue weighted by molar-refractivity contribution is 5.92. The number of likely N-dealkylation sites (N-methyl/N-ethyl adjacent to an activating group) is 1. The molecule has 0 aliphatic carbocycles. The number of benzene rings is 1. The Morgan fingerprint density at radius 3 is 2.88 bits per heavy atom. The molecule has 2 N–H and O–H groups in total. The fourth-order valence-corrected chi connectivity index (χ4v) is 4.75. The van der Waals surface area contributed by atoms with E-state index in [-0.39, 0.29) is 29.9 Å². The minimum atomic E-state index is -0.355. The Bertz CT molecular complexity index is 1180. The molecule has 0 saturated carbocycles. The summed E-state index contributed by atoms with van der Waals surface area (Å²) in [7, 11) is 3.45. The molecule has 1 amide bonds. The van der Waals surface area contributed by atoms with Gasteiger partial charge in [-0.05, 0) is 31.5 Å². The Labute approximate surface area is 185 Å². The summed E-state index contributed by atoms with van der Waals surface area (Å²) in [6.45, 7) is 3.48. The lowest BCUT2D eigenvalue weighted by atomic mass is 10.1. The maximum Gasteiger partial charge on any atom is 0.239 e. The summed E-state index contributed by atoms with van der Waals surface area (Å²) in [5.41, 5.74) is 2.73. The third kappa shape index (κ3) is 3.71. The maximum absolute atomic E-state index is 14.5. The minimum Gasteiger partial charge on any atom is -0.378 e. The number of fused-ring (bicyclic) bond motifs is 5. The van der Waals surface area contributed by atoms with Crippen LogP contribution in [-0.2, 0) is 16.1 Å². The van der Waals surface area contributed by atoms with Crippen LogP contribution in [0.1, 0.15) is 12.2 Å². The zero-order valence-corrected chi connectivity index (χ0v) is 18.4. The molecule has 2 aliphatic rings. The Hall–Kier alpha value is -3.04. The largest absolute Gasteiger partial charge is 0.378 e. The molecule has 8 nitrogen and oxygen atoms in total. The van der Waals surface area contributed by atoms with Crippen molar-refractivity contribution >= 4 is 22.8 Å². The first-order chi connectivity index (χ1) is 15.4. The summed E-state index contributed by atoms with van der Waals surface area (Å²) in [4.78, 5) is 24.1. The molecule has 3 atom stereocenters. The fourth-order valence-electron chi connectivity index (χ4n) is 4.75. The van der Waals surface area contributed by atoms with Crippen molar-refractivity contribution in [1.82, 2.24) is 24.8 Å². The predicted octanol–water partition coefficient (Wildman–Crippen LogP) is 2.18. The van der Waals surface area contributed by atoms with Crippen LogP contribution in [-0.4, -0.2) is 70.8 Å². The minimum absolute atomic E-state index is 0.0444. The molecule has 1 fully saturated rings. The van der Waals surface area contributed by atoms with Crippen LogP contribution in [0.3, 0.4) is 0 Å². The molecule has 0 spiro atoms. The lowest BCUT2D eigenvalue weighted by Crippen LogP contribution is -2.45. The molecular formula is C23H27FN6O2. The number of ether oxygens (including phenoxy) is 1. The van der Waals surface area contributed by atoms with E-state index < -0.39 is 0 Å². The van der Waals surface area contributed by atoms with Crippen LogP contribution in [0.25, 0.3) is 22.3 Å². The van der Waals surface area contributed by atoms with Gasteiger partial charge in [0, 0.05) is 44.9 Å². The van der Waals surface area contributed by atoms with Crippen LogP contribution in [0.15, 0.2) is 30.3 Å². The topological polar surface area (TPSA) is 84.3 Å². The summed E-state index contributed by atoms with van der Waals surface area (Å²) in [6, 6.07) is 8.45. The van der Waals surface area contributed by atoms with Crippen LogP contribution in [0.2, 0.25) is 0 Å². The van der Waals surface area contributed by atoms with Crippen LogP contribution < -0.4 is 10.6 Å². The van der Waals surface area contributed by atoms with Crippen molar-refractivity contribution in [3.63, 3.8) is 0 Å². The molecule has 32 heavy (non-hydrogen) atoms. The van der Waals surface area contributed by atoms with Crippen molar-refractivity contribution in [2.75, 3.05) is 32.6 Å². The SMILES string of the molecule is COC1CN(C)C(=O)C2CC(CN2)Nc2cccc(n2)-c2cc(F)cc3nc(C)n(c23)C1. The van der Waals surface area contributed by atoms with Crippen LogP contribution in [0.4, 0.5) is 10.2 Å². The van der Waals surface area contributed by atoms with Crippen molar-refractivity contribution in [3.8, 4) is 11.3 Å². The summed E-state index contributed by atoms with van der Waals surface area (Å²) in [6.07, 6.45) is 0.415. The van der Waals surface area contributed by atoms with E-state index in [1.165, 1.54) is 12.1 Å².